The Labute approximate surface area is 187 Å². The number of fused-ring (bicyclic) bond motifs is 3. The van der Waals surface area contributed by atoms with E-state index in [-0.39, 0.29) is 36.5 Å². The molecule has 2 atom stereocenters. The summed E-state index contributed by atoms with van der Waals surface area (Å²) in [6, 6.07) is 23.7. The van der Waals surface area contributed by atoms with E-state index in [2.05, 4.69) is 18.2 Å². The van der Waals surface area contributed by atoms with Crippen LogP contribution in [-0.2, 0) is 27.3 Å². The van der Waals surface area contributed by atoms with Gasteiger partial charge in [0.25, 0.3) is 0 Å². The van der Waals surface area contributed by atoms with Crippen molar-refractivity contribution in [2.24, 2.45) is 5.92 Å². The van der Waals surface area contributed by atoms with Crippen LogP contribution in [0.25, 0.3) is 10.8 Å². The second-order valence-electron chi connectivity index (χ2n) is 8.74. The first kappa shape index (κ1) is 20.7. The topological polar surface area (TPSA) is 55.8 Å². The minimum absolute atomic E-state index is 0.0639. The molecule has 5 heteroatoms. The van der Waals surface area contributed by atoms with Crippen LogP contribution in [0.4, 0.5) is 4.79 Å². The molecule has 2 fully saturated rings. The minimum Gasteiger partial charge on any atom is -0.445 e. The molecule has 2 heterocycles. The van der Waals surface area contributed by atoms with E-state index in [0.717, 1.165) is 21.9 Å². The Morgan fingerprint density at radius 3 is 2.34 bits per heavy atom. The number of carbonyl (C=O) groups excluding carboxylic acids is 2. The summed E-state index contributed by atoms with van der Waals surface area (Å²) in [5.41, 5.74) is 2.03. The van der Waals surface area contributed by atoms with E-state index >= 15 is 0 Å². The molecule has 164 valence electrons. The molecule has 2 bridgehead atoms. The van der Waals surface area contributed by atoms with E-state index < -0.39 is 0 Å². The van der Waals surface area contributed by atoms with Crippen molar-refractivity contribution >= 4 is 22.6 Å². The van der Waals surface area contributed by atoms with Crippen molar-refractivity contribution in [1.82, 2.24) is 4.90 Å². The van der Waals surface area contributed by atoms with Gasteiger partial charge in [0.15, 0.2) is 0 Å². The maximum atomic E-state index is 13.3. The van der Waals surface area contributed by atoms with Crippen LogP contribution in [-0.4, -0.2) is 42.1 Å². The first-order valence-corrected chi connectivity index (χ1v) is 11.2. The summed E-state index contributed by atoms with van der Waals surface area (Å²) in [5, 5.41) is 2.29. The number of amides is 1. The molecule has 0 saturated carbocycles. The van der Waals surface area contributed by atoms with Crippen molar-refractivity contribution in [3.05, 3.63) is 83.9 Å². The smallest absolute Gasteiger partial charge is 0.410 e. The Hall–Kier alpha value is -3.18. The molecule has 2 saturated heterocycles. The fourth-order valence-corrected chi connectivity index (χ4v) is 5.05. The Morgan fingerprint density at radius 1 is 0.875 bits per heavy atom. The summed E-state index contributed by atoms with van der Waals surface area (Å²) >= 11 is 0. The summed E-state index contributed by atoms with van der Waals surface area (Å²) < 4.78 is 11.3. The normalized spacial score (nSPS) is 22.5. The number of morpholine rings is 1. The van der Waals surface area contributed by atoms with Gasteiger partial charge in [-0.1, -0.05) is 72.8 Å². The zero-order valence-electron chi connectivity index (χ0n) is 18.0. The number of nitrogens with zero attached hydrogens (tertiary/aromatic N) is 1. The first-order chi connectivity index (χ1) is 15.7. The van der Waals surface area contributed by atoms with Gasteiger partial charge in [-0.05, 0) is 34.7 Å². The molecule has 0 aliphatic carbocycles. The molecule has 5 nitrogen and oxygen atoms in total. The number of ketones is 1. The predicted molar refractivity (Wildman–Crippen MR) is 122 cm³/mol. The zero-order valence-corrected chi connectivity index (χ0v) is 18.0. The summed E-state index contributed by atoms with van der Waals surface area (Å²) in [5.74, 6) is 0.182. The van der Waals surface area contributed by atoms with Gasteiger partial charge < -0.3 is 9.47 Å². The third-order valence-corrected chi connectivity index (χ3v) is 6.64. The standard InChI is InChI=1S/C27H27NO4/c29-26(15-21-11-6-10-20-9-4-5-12-25(20)21)22-13-23-17-31-18-24(14-22)28(23)27(30)32-16-19-7-2-1-3-8-19/h1-12,22-24H,13-18H2. The maximum absolute atomic E-state index is 13.3. The molecule has 2 aliphatic rings. The van der Waals surface area contributed by atoms with E-state index in [0.29, 0.717) is 32.5 Å². The fraction of sp³-hybridized carbons (Fsp3) is 0.333. The van der Waals surface area contributed by atoms with Crippen molar-refractivity contribution in [2.45, 2.75) is 38.0 Å². The van der Waals surface area contributed by atoms with Gasteiger partial charge in [-0.3, -0.25) is 9.69 Å². The average molecular weight is 430 g/mol. The van der Waals surface area contributed by atoms with Gasteiger partial charge in [0.05, 0.1) is 25.3 Å². The Morgan fingerprint density at radius 2 is 1.56 bits per heavy atom. The van der Waals surface area contributed by atoms with Crippen molar-refractivity contribution < 1.29 is 19.1 Å². The van der Waals surface area contributed by atoms with Crippen LogP contribution in [0.1, 0.15) is 24.0 Å². The van der Waals surface area contributed by atoms with Crippen LogP contribution in [0.5, 0.6) is 0 Å². The first-order valence-electron chi connectivity index (χ1n) is 11.2. The highest BCUT2D eigenvalue weighted by Crippen LogP contribution is 2.34. The molecule has 0 radical (unpaired) electrons. The van der Waals surface area contributed by atoms with Crippen LogP contribution in [0.2, 0.25) is 0 Å². The van der Waals surface area contributed by atoms with Crippen LogP contribution in [0, 0.1) is 5.92 Å². The quantitative estimate of drug-likeness (QED) is 0.586. The molecule has 0 aromatic heterocycles. The minimum atomic E-state index is -0.313. The molecular weight excluding hydrogens is 402 g/mol. The lowest BCUT2D eigenvalue weighted by Gasteiger charge is -2.47. The summed E-state index contributed by atoms with van der Waals surface area (Å²) in [6.45, 7) is 1.16. The molecule has 2 unspecified atom stereocenters. The van der Waals surface area contributed by atoms with Crippen molar-refractivity contribution in [3.8, 4) is 0 Å². The lowest BCUT2D eigenvalue weighted by Crippen LogP contribution is -2.60. The number of hydrogen-bond acceptors (Lipinski definition) is 4. The lowest BCUT2D eigenvalue weighted by atomic mass is 9.81. The Kier molecular flexibility index (Phi) is 5.91. The molecule has 2 aliphatic heterocycles. The molecule has 3 aromatic carbocycles. The van der Waals surface area contributed by atoms with E-state index in [1.807, 2.05) is 59.5 Å². The second-order valence-corrected chi connectivity index (χ2v) is 8.74. The third kappa shape index (κ3) is 4.26. The van der Waals surface area contributed by atoms with Gasteiger partial charge in [0.2, 0.25) is 0 Å². The number of carbonyl (C=O) groups is 2. The number of ether oxygens (including phenoxy) is 2. The number of benzene rings is 3. The molecule has 0 spiro atoms. The van der Waals surface area contributed by atoms with Crippen molar-refractivity contribution in [2.75, 3.05) is 13.2 Å². The zero-order chi connectivity index (χ0) is 21.9. The average Bonchev–Trinajstić information content (AvgIpc) is 2.82. The molecule has 32 heavy (non-hydrogen) atoms. The predicted octanol–water partition coefficient (Wildman–Crippen LogP) is 4.77. The van der Waals surface area contributed by atoms with Crippen molar-refractivity contribution in [3.63, 3.8) is 0 Å². The number of Topliss-reactive ketones (excluding diaryl/α,β-unsaturated/α-hetero) is 1. The van der Waals surface area contributed by atoms with E-state index in [9.17, 15) is 9.59 Å². The second kappa shape index (κ2) is 9.13. The van der Waals surface area contributed by atoms with Crippen LogP contribution in [0.3, 0.4) is 0 Å². The summed E-state index contributed by atoms with van der Waals surface area (Å²) in [6.07, 6.45) is 1.36. The SMILES string of the molecule is O=C(Cc1cccc2ccccc12)C1CC2COCC(C1)N2C(=O)OCc1ccccc1. The van der Waals surface area contributed by atoms with E-state index in [1.165, 1.54) is 0 Å². The van der Waals surface area contributed by atoms with Gasteiger partial charge in [-0.15, -0.1) is 0 Å². The highest BCUT2D eigenvalue weighted by Gasteiger charge is 2.44. The largest absolute Gasteiger partial charge is 0.445 e. The highest BCUT2D eigenvalue weighted by atomic mass is 16.6. The number of piperidine rings is 1. The Balaban J connectivity index is 1.25. The van der Waals surface area contributed by atoms with Crippen LogP contribution in [0.15, 0.2) is 72.8 Å². The van der Waals surface area contributed by atoms with E-state index in [4.69, 9.17) is 9.47 Å². The number of hydrogen-bond donors (Lipinski definition) is 0. The monoisotopic (exact) mass is 429 g/mol. The third-order valence-electron chi connectivity index (χ3n) is 6.64. The van der Waals surface area contributed by atoms with E-state index in [1.54, 1.807) is 0 Å². The summed E-state index contributed by atoms with van der Waals surface area (Å²) in [7, 11) is 0. The molecule has 3 aromatic rings. The highest BCUT2D eigenvalue weighted by molar-refractivity contribution is 5.91. The van der Waals surface area contributed by atoms with Crippen LogP contribution < -0.4 is 0 Å². The Bertz CT molecular complexity index is 1090. The van der Waals surface area contributed by atoms with Crippen LogP contribution >= 0.6 is 0 Å². The van der Waals surface area contributed by atoms with Crippen molar-refractivity contribution in [1.29, 1.82) is 0 Å². The maximum Gasteiger partial charge on any atom is 0.410 e. The molecule has 5 rings (SSSR count). The van der Waals surface area contributed by atoms with Gasteiger partial charge in [-0.2, -0.15) is 0 Å². The molecule has 1 amide bonds. The number of rotatable bonds is 5. The summed E-state index contributed by atoms with van der Waals surface area (Å²) in [4.78, 5) is 27.9. The lowest BCUT2D eigenvalue weighted by molar-refractivity contribution is -0.130. The molecular formula is C27H27NO4. The van der Waals surface area contributed by atoms with Gasteiger partial charge in [0.1, 0.15) is 12.4 Å². The van der Waals surface area contributed by atoms with Gasteiger partial charge in [0, 0.05) is 12.3 Å². The van der Waals surface area contributed by atoms with Gasteiger partial charge >= 0.3 is 6.09 Å². The van der Waals surface area contributed by atoms with Gasteiger partial charge in [-0.25, -0.2) is 4.79 Å². The molecule has 0 N–H and O–H groups in total. The fourth-order valence-electron chi connectivity index (χ4n) is 5.05.